The van der Waals surface area contributed by atoms with Gasteiger partial charge in [0.2, 0.25) is 6.79 Å². The predicted molar refractivity (Wildman–Crippen MR) is 77.7 cm³/mol. The van der Waals surface area contributed by atoms with Crippen LogP contribution in [0.2, 0.25) is 5.02 Å². The molecule has 0 fully saturated rings. The van der Waals surface area contributed by atoms with Crippen molar-refractivity contribution >= 4 is 17.5 Å². The van der Waals surface area contributed by atoms with Gasteiger partial charge in [0, 0.05) is 11.8 Å². The standard InChI is InChI=1S/C15H13ClN2O3/c1-9(12-4-2-3-5-17-12)18-15(19)10-6-11(16)14-13(7-10)20-8-21-14/h2-7,9H,8H2,1H3,(H,18,19)/t9-/m1/s1. The first-order valence-corrected chi connectivity index (χ1v) is 6.84. The zero-order valence-electron chi connectivity index (χ0n) is 11.3. The van der Waals surface area contributed by atoms with E-state index in [9.17, 15) is 4.79 Å². The Labute approximate surface area is 126 Å². The van der Waals surface area contributed by atoms with Crippen molar-refractivity contribution in [1.29, 1.82) is 0 Å². The number of hydrogen-bond donors (Lipinski definition) is 1. The van der Waals surface area contributed by atoms with E-state index in [-0.39, 0.29) is 18.7 Å². The molecule has 0 aliphatic carbocycles. The normalized spacial score (nSPS) is 13.8. The molecule has 1 N–H and O–H groups in total. The molecule has 108 valence electrons. The van der Waals surface area contributed by atoms with E-state index in [1.165, 1.54) is 0 Å². The minimum Gasteiger partial charge on any atom is -0.454 e. The Hall–Kier alpha value is -2.27. The van der Waals surface area contributed by atoms with Crippen molar-refractivity contribution in [2.24, 2.45) is 0 Å². The molecule has 2 heterocycles. The molecule has 1 aromatic carbocycles. The number of halogens is 1. The van der Waals surface area contributed by atoms with E-state index < -0.39 is 0 Å². The van der Waals surface area contributed by atoms with Crippen LogP contribution >= 0.6 is 11.6 Å². The molecule has 5 nitrogen and oxygen atoms in total. The number of ether oxygens (including phenoxy) is 2. The molecule has 0 radical (unpaired) electrons. The van der Waals surface area contributed by atoms with Gasteiger partial charge < -0.3 is 14.8 Å². The Morgan fingerprint density at radius 2 is 2.24 bits per heavy atom. The van der Waals surface area contributed by atoms with Crippen LogP contribution in [0.15, 0.2) is 36.5 Å². The fourth-order valence-corrected chi connectivity index (χ4v) is 2.35. The molecule has 1 amide bonds. The molecule has 3 rings (SSSR count). The molecule has 21 heavy (non-hydrogen) atoms. The maximum Gasteiger partial charge on any atom is 0.251 e. The number of fused-ring (bicyclic) bond motifs is 1. The average molecular weight is 305 g/mol. The van der Waals surface area contributed by atoms with Gasteiger partial charge in [-0.15, -0.1) is 0 Å². The summed E-state index contributed by atoms with van der Waals surface area (Å²) in [6, 6.07) is 8.54. The number of rotatable bonds is 3. The highest BCUT2D eigenvalue weighted by molar-refractivity contribution is 6.32. The van der Waals surface area contributed by atoms with Crippen molar-refractivity contribution in [2.75, 3.05) is 6.79 Å². The zero-order valence-corrected chi connectivity index (χ0v) is 12.1. The summed E-state index contributed by atoms with van der Waals surface area (Å²) in [5, 5.41) is 3.24. The van der Waals surface area contributed by atoms with Crippen LogP contribution in [-0.4, -0.2) is 17.7 Å². The van der Waals surface area contributed by atoms with E-state index >= 15 is 0 Å². The highest BCUT2D eigenvalue weighted by atomic mass is 35.5. The Morgan fingerprint density at radius 3 is 3.00 bits per heavy atom. The van der Waals surface area contributed by atoms with Gasteiger partial charge >= 0.3 is 0 Å². The summed E-state index contributed by atoms with van der Waals surface area (Å²) in [6.45, 7) is 1.99. The third kappa shape index (κ3) is 2.78. The van der Waals surface area contributed by atoms with Crippen LogP contribution in [0.1, 0.15) is 29.0 Å². The van der Waals surface area contributed by atoms with E-state index in [0.717, 1.165) is 5.69 Å². The van der Waals surface area contributed by atoms with Crippen molar-refractivity contribution in [3.8, 4) is 11.5 Å². The molecule has 0 spiro atoms. The fraction of sp³-hybridized carbons (Fsp3) is 0.200. The van der Waals surface area contributed by atoms with Crippen molar-refractivity contribution in [3.63, 3.8) is 0 Å². The van der Waals surface area contributed by atoms with Crippen molar-refractivity contribution in [1.82, 2.24) is 10.3 Å². The smallest absolute Gasteiger partial charge is 0.251 e. The molecule has 1 aliphatic heterocycles. The van der Waals surface area contributed by atoms with Crippen LogP contribution < -0.4 is 14.8 Å². The first-order chi connectivity index (χ1) is 10.1. The van der Waals surface area contributed by atoms with Gasteiger partial charge in [-0.2, -0.15) is 0 Å². The first kappa shape index (κ1) is 13.7. The lowest BCUT2D eigenvalue weighted by atomic mass is 10.1. The molecule has 0 unspecified atom stereocenters. The lowest BCUT2D eigenvalue weighted by Crippen LogP contribution is -2.27. The third-order valence-corrected chi connectivity index (χ3v) is 3.45. The number of nitrogens with one attached hydrogen (secondary N) is 1. The number of nitrogens with zero attached hydrogens (tertiary/aromatic N) is 1. The largest absolute Gasteiger partial charge is 0.454 e. The second-order valence-electron chi connectivity index (χ2n) is 4.64. The molecule has 0 bridgehead atoms. The van der Waals surface area contributed by atoms with Gasteiger partial charge in [0.1, 0.15) is 0 Å². The Balaban J connectivity index is 1.78. The van der Waals surface area contributed by atoms with Crippen LogP contribution in [0, 0.1) is 0 Å². The first-order valence-electron chi connectivity index (χ1n) is 6.46. The highest BCUT2D eigenvalue weighted by Crippen LogP contribution is 2.39. The van der Waals surface area contributed by atoms with Crippen molar-refractivity contribution < 1.29 is 14.3 Å². The van der Waals surface area contributed by atoms with Gasteiger partial charge in [0.05, 0.1) is 16.8 Å². The molecular formula is C15H13ClN2O3. The minimum absolute atomic E-state index is 0.116. The van der Waals surface area contributed by atoms with E-state index in [4.69, 9.17) is 21.1 Å². The molecule has 1 atom stereocenters. The summed E-state index contributed by atoms with van der Waals surface area (Å²) in [5.41, 5.74) is 1.21. The lowest BCUT2D eigenvalue weighted by molar-refractivity contribution is 0.0938. The van der Waals surface area contributed by atoms with Gasteiger partial charge in [0.25, 0.3) is 5.91 Å². The third-order valence-electron chi connectivity index (χ3n) is 3.17. The maximum atomic E-state index is 12.3. The van der Waals surface area contributed by atoms with E-state index in [0.29, 0.717) is 22.1 Å². The van der Waals surface area contributed by atoms with Gasteiger partial charge in [-0.05, 0) is 31.2 Å². The number of amides is 1. The summed E-state index contributed by atoms with van der Waals surface area (Å²) >= 11 is 6.08. The maximum absolute atomic E-state index is 12.3. The molecule has 1 aromatic heterocycles. The molecule has 2 aromatic rings. The Kier molecular flexibility index (Phi) is 3.66. The summed E-state index contributed by atoms with van der Waals surface area (Å²) in [7, 11) is 0. The van der Waals surface area contributed by atoms with Crippen molar-refractivity contribution in [2.45, 2.75) is 13.0 Å². The number of aromatic nitrogens is 1. The number of carbonyl (C=O) groups is 1. The molecule has 0 saturated carbocycles. The van der Waals surface area contributed by atoms with Crippen molar-refractivity contribution in [3.05, 3.63) is 52.8 Å². The molecule has 0 saturated heterocycles. The predicted octanol–water partition coefficient (Wildman–Crippen LogP) is 2.95. The second-order valence-corrected chi connectivity index (χ2v) is 5.05. The summed E-state index contributed by atoms with van der Waals surface area (Å²) in [5.74, 6) is 0.720. The monoisotopic (exact) mass is 304 g/mol. The Morgan fingerprint density at radius 1 is 1.38 bits per heavy atom. The number of pyridine rings is 1. The van der Waals surface area contributed by atoms with Gasteiger partial charge in [-0.3, -0.25) is 9.78 Å². The summed E-state index contributed by atoms with van der Waals surface area (Å²) in [4.78, 5) is 16.5. The highest BCUT2D eigenvalue weighted by Gasteiger charge is 2.21. The number of carbonyl (C=O) groups excluding carboxylic acids is 1. The van der Waals surface area contributed by atoms with Crippen LogP contribution in [-0.2, 0) is 0 Å². The average Bonchev–Trinajstić information content (AvgIpc) is 2.97. The zero-order chi connectivity index (χ0) is 14.8. The van der Waals surface area contributed by atoms with Crippen LogP contribution in [0.25, 0.3) is 0 Å². The second kappa shape index (κ2) is 5.61. The van der Waals surface area contributed by atoms with Crippen LogP contribution in [0.5, 0.6) is 11.5 Å². The summed E-state index contributed by atoms with van der Waals surface area (Å²) < 4.78 is 10.5. The molecule has 1 aliphatic rings. The van der Waals surface area contributed by atoms with E-state index in [1.54, 1.807) is 18.3 Å². The molecule has 6 heteroatoms. The van der Waals surface area contributed by atoms with Gasteiger partial charge in [0.15, 0.2) is 11.5 Å². The van der Waals surface area contributed by atoms with Gasteiger partial charge in [-0.25, -0.2) is 0 Å². The fourth-order valence-electron chi connectivity index (χ4n) is 2.08. The number of benzene rings is 1. The van der Waals surface area contributed by atoms with Crippen LogP contribution in [0.3, 0.4) is 0 Å². The van der Waals surface area contributed by atoms with Crippen LogP contribution in [0.4, 0.5) is 0 Å². The summed E-state index contributed by atoms with van der Waals surface area (Å²) in [6.07, 6.45) is 1.69. The Bertz CT molecular complexity index is 676. The van der Waals surface area contributed by atoms with E-state index in [2.05, 4.69) is 10.3 Å². The SMILES string of the molecule is C[C@@H](NC(=O)c1cc(Cl)c2c(c1)OCO2)c1ccccn1. The quantitative estimate of drug-likeness (QED) is 0.947. The topological polar surface area (TPSA) is 60.5 Å². The minimum atomic E-state index is -0.242. The van der Waals surface area contributed by atoms with Gasteiger partial charge in [-0.1, -0.05) is 17.7 Å². The molecular weight excluding hydrogens is 292 g/mol. The number of hydrogen-bond acceptors (Lipinski definition) is 4. The lowest BCUT2D eigenvalue weighted by Gasteiger charge is -2.13. The van der Waals surface area contributed by atoms with E-state index in [1.807, 2.05) is 25.1 Å².